The number of methoxy groups -OCH3 is 2. The van der Waals surface area contributed by atoms with Crippen LogP contribution in [0.25, 0.3) is 21.8 Å². The Morgan fingerprint density at radius 2 is 1.42 bits per heavy atom. The quantitative estimate of drug-likeness (QED) is 0.0928. The van der Waals surface area contributed by atoms with Gasteiger partial charge < -0.3 is 39.8 Å². The lowest BCUT2D eigenvalue weighted by Crippen LogP contribution is -2.12. The van der Waals surface area contributed by atoms with Crippen LogP contribution in [-0.4, -0.2) is 73.9 Å². The van der Waals surface area contributed by atoms with Crippen molar-refractivity contribution in [2.24, 2.45) is 17.8 Å². The normalized spacial score (nSPS) is 20.5. The van der Waals surface area contributed by atoms with Gasteiger partial charge >= 0.3 is 0 Å². The molecule has 4 aliphatic carbocycles. The molecule has 50 heavy (non-hydrogen) atoms. The van der Waals surface area contributed by atoms with Crippen molar-refractivity contribution in [1.82, 2.24) is 9.97 Å². The lowest BCUT2D eigenvalue weighted by molar-refractivity contribution is 0.196. The first kappa shape index (κ1) is 33.1. The maximum Gasteiger partial charge on any atom is 0.163 e. The molecule has 3 atom stereocenters. The number of benzene rings is 2. The summed E-state index contributed by atoms with van der Waals surface area (Å²) >= 11 is 0. The molecule has 0 aliphatic heterocycles. The predicted molar refractivity (Wildman–Crippen MR) is 195 cm³/mol. The molecule has 8 rings (SSSR count). The molecule has 0 radical (unpaired) electrons. The summed E-state index contributed by atoms with van der Waals surface area (Å²) in [7, 11) is 3.35. The van der Waals surface area contributed by atoms with Crippen molar-refractivity contribution in [1.29, 1.82) is 0 Å². The van der Waals surface area contributed by atoms with Gasteiger partial charge in [-0.3, -0.25) is 9.97 Å². The summed E-state index contributed by atoms with van der Waals surface area (Å²) in [5, 5.41) is 28.5. The molecule has 2 saturated carbocycles. The van der Waals surface area contributed by atoms with Gasteiger partial charge in [-0.2, -0.15) is 0 Å². The van der Waals surface area contributed by atoms with E-state index in [2.05, 4.69) is 22.8 Å². The molecule has 4 N–H and O–H groups in total. The maximum atomic E-state index is 9.41. The van der Waals surface area contributed by atoms with Crippen molar-refractivity contribution in [2.45, 2.75) is 70.1 Å². The van der Waals surface area contributed by atoms with E-state index in [1.807, 2.05) is 12.1 Å². The molecule has 2 aromatic heterocycles. The van der Waals surface area contributed by atoms with E-state index in [0.717, 1.165) is 79.3 Å². The summed E-state index contributed by atoms with van der Waals surface area (Å²) in [6.45, 7) is 2.76. The number of aryl methyl sites for hydroxylation is 1. The molecule has 0 spiro atoms. The second-order valence-electron chi connectivity index (χ2n) is 14.5. The minimum atomic E-state index is -0.0562. The fraction of sp³-hybridized carbons (Fsp3) is 0.550. The second kappa shape index (κ2) is 14.3. The number of aromatic nitrogens is 2. The maximum absolute atomic E-state index is 9.41. The second-order valence-corrected chi connectivity index (χ2v) is 14.5. The zero-order chi connectivity index (χ0) is 34.2. The standard InChI is InChI=1S/C40H50N4O6/c1-47-34-17-29-32(19-36(34)49-14-4-3-12-45)43-31-7-5-6-26(31)38(29)42-22-24-16-28(24)25-10-11-27-39(41-21-23-8-9-23)30-18-35(48-2)37(50-15-13-46)20-33(30)44-40(25)27/h17-20,23-25,28,45-46H,3-16,21-22H2,1-2H3,(H,41,44)(H,42,43). The number of ether oxygens (including phenoxy) is 4. The van der Waals surface area contributed by atoms with E-state index in [1.165, 1.54) is 53.2 Å². The highest BCUT2D eigenvalue weighted by molar-refractivity contribution is 5.97. The van der Waals surface area contributed by atoms with Gasteiger partial charge in [-0.05, 0) is 105 Å². The van der Waals surface area contributed by atoms with E-state index in [9.17, 15) is 5.11 Å². The van der Waals surface area contributed by atoms with Crippen LogP contribution in [0.1, 0.15) is 73.4 Å². The van der Waals surface area contributed by atoms with Gasteiger partial charge in [-0.15, -0.1) is 0 Å². The molecule has 0 bridgehead atoms. The van der Waals surface area contributed by atoms with Crippen molar-refractivity contribution in [3.8, 4) is 23.0 Å². The summed E-state index contributed by atoms with van der Waals surface area (Å²) in [5.41, 5.74) is 9.41. The minimum Gasteiger partial charge on any atom is -0.493 e. The summed E-state index contributed by atoms with van der Waals surface area (Å²) < 4.78 is 23.4. The number of pyridine rings is 2. The van der Waals surface area contributed by atoms with Crippen LogP contribution < -0.4 is 29.6 Å². The smallest absolute Gasteiger partial charge is 0.163 e. The first-order valence-electron chi connectivity index (χ1n) is 18.6. The van der Waals surface area contributed by atoms with Gasteiger partial charge in [0.05, 0.1) is 38.5 Å². The lowest BCUT2D eigenvalue weighted by atomic mass is 9.97. The Morgan fingerprint density at radius 1 is 0.720 bits per heavy atom. The van der Waals surface area contributed by atoms with Gasteiger partial charge in [0.1, 0.15) is 6.61 Å². The van der Waals surface area contributed by atoms with E-state index < -0.39 is 0 Å². The van der Waals surface area contributed by atoms with E-state index in [1.54, 1.807) is 14.2 Å². The van der Waals surface area contributed by atoms with Crippen LogP contribution in [-0.2, 0) is 19.3 Å². The van der Waals surface area contributed by atoms with Crippen molar-refractivity contribution >= 4 is 33.2 Å². The summed E-state index contributed by atoms with van der Waals surface area (Å²) in [6.07, 6.45) is 10.6. The van der Waals surface area contributed by atoms with Crippen molar-refractivity contribution < 1.29 is 29.2 Å². The minimum absolute atomic E-state index is 0.0562. The van der Waals surface area contributed by atoms with E-state index in [-0.39, 0.29) is 19.8 Å². The number of anilines is 2. The fourth-order valence-electron chi connectivity index (χ4n) is 8.31. The van der Waals surface area contributed by atoms with Crippen LogP contribution in [0, 0.1) is 17.8 Å². The summed E-state index contributed by atoms with van der Waals surface area (Å²) in [4.78, 5) is 10.4. The van der Waals surface area contributed by atoms with E-state index >= 15 is 0 Å². The number of rotatable bonds is 17. The number of nitrogens with zero attached hydrogens (tertiary/aromatic N) is 2. The summed E-state index contributed by atoms with van der Waals surface area (Å²) in [6, 6.07) is 8.15. The van der Waals surface area contributed by atoms with Crippen molar-refractivity contribution in [2.75, 3.05) is 64.4 Å². The number of fused-ring (bicyclic) bond motifs is 4. The molecule has 0 saturated heterocycles. The molecule has 4 aromatic rings. The Bertz CT molecular complexity index is 1880. The van der Waals surface area contributed by atoms with Crippen LogP contribution in [0.4, 0.5) is 11.4 Å². The monoisotopic (exact) mass is 682 g/mol. The third kappa shape index (κ3) is 6.48. The number of aliphatic hydroxyl groups excluding tert-OH is 2. The molecule has 2 aromatic carbocycles. The van der Waals surface area contributed by atoms with Gasteiger partial charge in [0.15, 0.2) is 23.0 Å². The Kier molecular flexibility index (Phi) is 9.48. The average molecular weight is 683 g/mol. The Morgan fingerprint density at radius 3 is 2.12 bits per heavy atom. The average Bonchev–Trinajstić information content (AvgIpc) is 4.03. The Hall–Kier alpha value is -4.02. The first-order chi connectivity index (χ1) is 24.6. The summed E-state index contributed by atoms with van der Waals surface area (Å²) in [5.74, 6) is 5.03. The predicted octanol–water partition coefficient (Wildman–Crippen LogP) is 6.41. The number of hydrogen-bond acceptors (Lipinski definition) is 10. The third-order valence-corrected chi connectivity index (χ3v) is 11.2. The highest BCUT2D eigenvalue weighted by Gasteiger charge is 2.47. The van der Waals surface area contributed by atoms with Crippen molar-refractivity contribution in [3.63, 3.8) is 0 Å². The number of aliphatic hydroxyl groups is 2. The fourth-order valence-corrected chi connectivity index (χ4v) is 8.31. The highest BCUT2D eigenvalue weighted by Crippen LogP contribution is 2.55. The molecule has 2 fully saturated rings. The molecular weight excluding hydrogens is 632 g/mol. The van der Waals surface area contributed by atoms with E-state index in [0.29, 0.717) is 53.8 Å². The van der Waals surface area contributed by atoms with Crippen molar-refractivity contribution in [3.05, 3.63) is 46.8 Å². The third-order valence-electron chi connectivity index (χ3n) is 11.2. The van der Waals surface area contributed by atoms with Gasteiger partial charge in [0, 0.05) is 71.3 Å². The Balaban J connectivity index is 1.05. The van der Waals surface area contributed by atoms with Crippen LogP contribution in [0.2, 0.25) is 0 Å². The highest BCUT2D eigenvalue weighted by atomic mass is 16.5. The van der Waals surface area contributed by atoms with Gasteiger partial charge in [0.25, 0.3) is 0 Å². The lowest BCUT2D eigenvalue weighted by Gasteiger charge is -2.19. The molecule has 10 heteroatoms. The van der Waals surface area contributed by atoms with Crippen LogP contribution in [0.5, 0.6) is 23.0 Å². The van der Waals surface area contributed by atoms with Crippen LogP contribution >= 0.6 is 0 Å². The Labute approximate surface area is 293 Å². The molecule has 3 unspecified atom stereocenters. The van der Waals surface area contributed by atoms with E-state index in [4.69, 9.17) is 34.0 Å². The topological polar surface area (TPSA) is 127 Å². The number of hydrogen-bond donors (Lipinski definition) is 4. The zero-order valence-electron chi connectivity index (χ0n) is 29.4. The van der Waals surface area contributed by atoms with Crippen LogP contribution in [0.3, 0.4) is 0 Å². The van der Waals surface area contributed by atoms with Gasteiger partial charge in [-0.25, -0.2) is 0 Å². The number of nitrogens with one attached hydrogen (secondary N) is 2. The molecule has 0 amide bonds. The van der Waals surface area contributed by atoms with Gasteiger partial charge in [-0.1, -0.05) is 0 Å². The number of unbranched alkanes of at least 4 members (excludes halogenated alkanes) is 1. The largest absolute Gasteiger partial charge is 0.493 e. The molecule has 266 valence electrons. The SMILES string of the molecule is COc1cc2c(NCC3CC3)c3c(nc2cc1OCCO)C(C1CC1CNc1c2c(nc4cc(OCCCCO)c(OC)cc14)CCC2)CC3. The molecule has 4 aliphatic rings. The van der Waals surface area contributed by atoms with Gasteiger partial charge in [0.2, 0.25) is 0 Å². The van der Waals surface area contributed by atoms with Crippen LogP contribution in [0.15, 0.2) is 24.3 Å². The zero-order valence-corrected chi connectivity index (χ0v) is 29.4. The molecule has 10 nitrogen and oxygen atoms in total. The molecule has 2 heterocycles. The first-order valence-corrected chi connectivity index (χ1v) is 18.6. The molecular formula is C40H50N4O6.